The second-order valence-electron chi connectivity index (χ2n) is 5.40. The molecule has 0 aliphatic heterocycles. The Bertz CT molecular complexity index is 394. The van der Waals surface area contributed by atoms with E-state index in [2.05, 4.69) is 12.2 Å². The van der Waals surface area contributed by atoms with Crippen LogP contribution >= 0.6 is 11.6 Å². The Morgan fingerprint density at radius 2 is 2.11 bits per heavy atom. The van der Waals surface area contributed by atoms with Crippen molar-refractivity contribution in [1.29, 1.82) is 0 Å². The summed E-state index contributed by atoms with van der Waals surface area (Å²) in [6, 6.07) is 4.93. The third-order valence-electron chi connectivity index (χ3n) is 4.01. The van der Waals surface area contributed by atoms with Crippen molar-refractivity contribution in [3.8, 4) is 0 Å². The lowest BCUT2D eigenvalue weighted by molar-refractivity contribution is 0.247. The third kappa shape index (κ3) is 3.69. The molecule has 1 aliphatic carbocycles. The zero-order valence-corrected chi connectivity index (χ0v) is 11.6. The molecule has 1 N–H and O–H groups in total. The molecule has 1 saturated carbocycles. The molecule has 0 amide bonds. The van der Waals surface area contributed by atoms with Crippen LogP contribution in [0.25, 0.3) is 0 Å². The monoisotopic (exact) mass is 269 g/mol. The Kier molecular flexibility index (Phi) is 5.02. The first-order chi connectivity index (χ1) is 8.66. The van der Waals surface area contributed by atoms with Gasteiger partial charge in [-0.25, -0.2) is 4.39 Å². The Morgan fingerprint density at radius 1 is 1.33 bits per heavy atom. The van der Waals surface area contributed by atoms with E-state index < -0.39 is 0 Å². The standard InChI is InChI=1S/C15H21ClFN/c1-11-4-2-3-5-13(11)10-18-9-12-6-7-15(17)14(16)8-12/h6-8,11,13,18H,2-5,9-10H2,1H3. The molecule has 0 bridgehead atoms. The molecule has 2 rings (SSSR count). The van der Waals surface area contributed by atoms with Crippen molar-refractivity contribution in [1.82, 2.24) is 5.32 Å². The summed E-state index contributed by atoms with van der Waals surface area (Å²) >= 11 is 5.76. The number of hydrogen-bond acceptors (Lipinski definition) is 1. The fourth-order valence-electron chi connectivity index (χ4n) is 2.75. The van der Waals surface area contributed by atoms with Crippen molar-refractivity contribution in [3.63, 3.8) is 0 Å². The lowest BCUT2D eigenvalue weighted by Crippen LogP contribution is -2.29. The predicted molar refractivity (Wildman–Crippen MR) is 74.2 cm³/mol. The van der Waals surface area contributed by atoms with Crippen molar-refractivity contribution in [2.75, 3.05) is 6.54 Å². The molecule has 0 radical (unpaired) electrons. The number of hydrogen-bond donors (Lipinski definition) is 1. The number of rotatable bonds is 4. The van der Waals surface area contributed by atoms with Gasteiger partial charge >= 0.3 is 0 Å². The van der Waals surface area contributed by atoms with Gasteiger partial charge in [0.2, 0.25) is 0 Å². The van der Waals surface area contributed by atoms with Gasteiger partial charge in [-0.2, -0.15) is 0 Å². The highest BCUT2D eigenvalue weighted by molar-refractivity contribution is 6.30. The summed E-state index contributed by atoms with van der Waals surface area (Å²) in [5.74, 6) is 1.26. The fraction of sp³-hybridized carbons (Fsp3) is 0.600. The molecule has 1 nitrogen and oxygen atoms in total. The largest absolute Gasteiger partial charge is 0.312 e. The normalized spacial score (nSPS) is 24.2. The van der Waals surface area contributed by atoms with Crippen LogP contribution in [0, 0.1) is 17.7 Å². The van der Waals surface area contributed by atoms with Crippen LogP contribution in [0.2, 0.25) is 5.02 Å². The topological polar surface area (TPSA) is 12.0 Å². The van der Waals surface area contributed by atoms with Crippen LogP contribution in [0.3, 0.4) is 0 Å². The summed E-state index contributed by atoms with van der Waals surface area (Å²) in [4.78, 5) is 0. The van der Waals surface area contributed by atoms with Crippen molar-refractivity contribution >= 4 is 11.6 Å². The summed E-state index contributed by atoms with van der Waals surface area (Å²) in [6.45, 7) is 4.17. The van der Waals surface area contributed by atoms with E-state index in [-0.39, 0.29) is 10.8 Å². The second kappa shape index (κ2) is 6.53. The summed E-state index contributed by atoms with van der Waals surface area (Å²) < 4.78 is 13.0. The van der Waals surface area contributed by atoms with E-state index in [4.69, 9.17) is 11.6 Å². The van der Waals surface area contributed by atoms with Crippen molar-refractivity contribution in [2.24, 2.45) is 11.8 Å². The SMILES string of the molecule is CC1CCCCC1CNCc1ccc(F)c(Cl)c1. The second-order valence-corrected chi connectivity index (χ2v) is 5.81. The fourth-order valence-corrected chi connectivity index (χ4v) is 2.95. The van der Waals surface area contributed by atoms with Gasteiger partial charge in [-0.15, -0.1) is 0 Å². The molecule has 1 aromatic carbocycles. The van der Waals surface area contributed by atoms with Gasteiger partial charge < -0.3 is 5.32 Å². The van der Waals surface area contributed by atoms with Crippen LogP contribution in [-0.4, -0.2) is 6.54 Å². The van der Waals surface area contributed by atoms with E-state index in [0.717, 1.165) is 30.5 Å². The Labute approximate surface area is 114 Å². The maximum atomic E-state index is 13.0. The molecule has 0 spiro atoms. The minimum Gasteiger partial charge on any atom is -0.312 e. The van der Waals surface area contributed by atoms with E-state index in [0.29, 0.717) is 0 Å². The van der Waals surface area contributed by atoms with Crippen LogP contribution < -0.4 is 5.32 Å². The van der Waals surface area contributed by atoms with Crippen molar-refractivity contribution < 1.29 is 4.39 Å². The smallest absolute Gasteiger partial charge is 0.141 e. The molecular formula is C15H21ClFN. The molecule has 1 aromatic rings. The lowest BCUT2D eigenvalue weighted by Gasteiger charge is -2.28. The van der Waals surface area contributed by atoms with Gasteiger partial charge in [0, 0.05) is 6.54 Å². The minimum atomic E-state index is -0.346. The third-order valence-corrected chi connectivity index (χ3v) is 4.30. The number of nitrogens with one attached hydrogen (secondary N) is 1. The highest BCUT2D eigenvalue weighted by Gasteiger charge is 2.20. The first-order valence-electron chi connectivity index (χ1n) is 6.81. The molecule has 1 aliphatic rings. The van der Waals surface area contributed by atoms with E-state index in [1.165, 1.54) is 31.7 Å². The Balaban J connectivity index is 1.79. The molecule has 2 atom stereocenters. The van der Waals surface area contributed by atoms with Crippen LogP contribution in [-0.2, 0) is 6.54 Å². The summed E-state index contributed by atoms with van der Waals surface area (Å²) in [5.41, 5.74) is 1.05. The molecule has 0 heterocycles. The van der Waals surface area contributed by atoms with Crippen LogP contribution in [0.5, 0.6) is 0 Å². The molecule has 100 valence electrons. The molecule has 0 saturated heterocycles. The predicted octanol–water partition coefficient (Wildman–Crippen LogP) is 4.40. The zero-order chi connectivity index (χ0) is 13.0. The first kappa shape index (κ1) is 13.8. The van der Waals surface area contributed by atoms with Crippen LogP contribution in [0.15, 0.2) is 18.2 Å². The summed E-state index contributed by atoms with van der Waals surface area (Å²) in [5, 5.41) is 3.68. The highest BCUT2D eigenvalue weighted by atomic mass is 35.5. The molecular weight excluding hydrogens is 249 g/mol. The van der Waals surface area contributed by atoms with E-state index in [1.807, 2.05) is 0 Å². The van der Waals surface area contributed by atoms with Gasteiger partial charge in [0.05, 0.1) is 5.02 Å². The van der Waals surface area contributed by atoms with Gasteiger partial charge in [0.15, 0.2) is 0 Å². The number of halogens is 2. The van der Waals surface area contributed by atoms with Crippen LogP contribution in [0.4, 0.5) is 4.39 Å². The molecule has 3 heteroatoms. The maximum Gasteiger partial charge on any atom is 0.141 e. The summed E-state index contributed by atoms with van der Waals surface area (Å²) in [6.07, 6.45) is 5.43. The Hall–Kier alpha value is -0.600. The van der Waals surface area contributed by atoms with Crippen molar-refractivity contribution in [2.45, 2.75) is 39.2 Å². The first-order valence-corrected chi connectivity index (χ1v) is 7.19. The average molecular weight is 270 g/mol. The minimum absolute atomic E-state index is 0.209. The van der Waals surface area contributed by atoms with E-state index in [9.17, 15) is 4.39 Å². The zero-order valence-electron chi connectivity index (χ0n) is 10.9. The maximum absolute atomic E-state index is 13.0. The van der Waals surface area contributed by atoms with Gasteiger partial charge in [-0.05, 0) is 42.5 Å². The molecule has 1 fully saturated rings. The van der Waals surface area contributed by atoms with Gasteiger partial charge in [0.1, 0.15) is 5.82 Å². The average Bonchev–Trinajstić information content (AvgIpc) is 2.36. The quantitative estimate of drug-likeness (QED) is 0.855. The van der Waals surface area contributed by atoms with Gasteiger partial charge in [-0.1, -0.05) is 43.9 Å². The van der Waals surface area contributed by atoms with Crippen LogP contribution in [0.1, 0.15) is 38.2 Å². The Morgan fingerprint density at radius 3 is 2.83 bits per heavy atom. The number of benzene rings is 1. The highest BCUT2D eigenvalue weighted by Crippen LogP contribution is 2.28. The van der Waals surface area contributed by atoms with Gasteiger partial charge in [-0.3, -0.25) is 0 Å². The molecule has 18 heavy (non-hydrogen) atoms. The molecule has 0 aromatic heterocycles. The van der Waals surface area contributed by atoms with E-state index >= 15 is 0 Å². The van der Waals surface area contributed by atoms with E-state index in [1.54, 1.807) is 12.1 Å². The summed E-state index contributed by atoms with van der Waals surface area (Å²) in [7, 11) is 0. The molecule has 2 unspecified atom stereocenters. The van der Waals surface area contributed by atoms with Gasteiger partial charge in [0.25, 0.3) is 0 Å². The lowest BCUT2D eigenvalue weighted by atomic mass is 9.80. The van der Waals surface area contributed by atoms with Crippen molar-refractivity contribution in [3.05, 3.63) is 34.6 Å².